The first-order valence-electron chi connectivity index (χ1n) is 9.56. The number of halogens is 3. The van der Waals surface area contributed by atoms with E-state index in [1.807, 2.05) is 0 Å². The van der Waals surface area contributed by atoms with E-state index >= 15 is 0 Å². The van der Waals surface area contributed by atoms with Gasteiger partial charge in [-0.3, -0.25) is 4.90 Å². The van der Waals surface area contributed by atoms with Crippen LogP contribution in [0.15, 0.2) is 30.5 Å². The number of hydrogen-bond acceptors (Lipinski definition) is 6. The number of benzene rings is 1. The van der Waals surface area contributed by atoms with Crippen LogP contribution in [0, 0.1) is 0 Å². The number of aromatic nitrogens is 3. The zero-order chi connectivity index (χ0) is 21.1. The normalized spacial score (nSPS) is 14.9. The van der Waals surface area contributed by atoms with Gasteiger partial charge in [-0.1, -0.05) is 0 Å². The lowest BCUT2D eigenvalue weighted by Gasteiger charge is -2.15. The molecule has 0 aliphatic carbocycles. The summed E-state index contributed by atoms with van der Waals surface area (Å²) in [6.45, 7) is 3.62. The predicted molar refractivity (Wildman–Crippen MR) is 104 cm³/mol. The summed E-state index contributed by atoms with van der Waals surface area (Å²) in [7, 11) is 1.51. The van der Waals surface area contributed by atoms with E-state index in [4.69, 9.17) is 9.47 Å². The number of imidazole rings is 1. The topological polar surface area (TPSA) is 72.5 Å². The van der Waals surface area contributed by atoms with Crippen molar-refractivity contribution in [1.82, 2.24) is 19.9 Å². The van der Waals surface area contributed by atoms with Crippen molar-refractivity contribution < 1.29 is 27.4 Å². The Hall–Kier alpha value is -3.01. The molecule has 0 atom stereocenters. The Morgan fingerprint density at radius 1 is 1.13 bits per heavy atom. The minimum atomic E-state index is -4.76. The highest BCUT2D eigenvalue weighted by atomic mass is 19.4. The lowest BCUT2D eigenvalue weighted by molar-refractivity contribution is -0.274. The number of aromatic amines is 1. The summed E-state index contributed by atoms with van der Waals surface area (Å²) in [6, 6.07) is 5.62. The van der Waals surface area contributed by atoms with E-state index in [0.717, 1.165) is 19.6 Å². The van der Waals surface area contributed by atoms with Gasteiger partial charge in [0.25, 0.3) is 0 Å². The number of rotatable bonds is 7. The molecule has 160 valence electrons. The first-order valence-corrected chi connectivity index (χ1v) is 9.56. The standard InChI is InChI=1S/C20H21F3N4O3/c1-28-17-11-14(29-9-8-27-6-2-3-7-27)12-24-18(17)19-25-15-5-4-13(10-16(15)26-19)30-20(21,22)23/h4-5,10-12H,2-3,6-9H2,1H3,(H,25,26). The van der Waals surface area contributed by atoms with Crippen LogP contribution in [0.25, 0.3) is 22.6 Å². The molecular formula is C20H21F3N4O3. The van der Waals surface area contributed by atoms with E-state index in [2.05, 4.69) is 24.6 Å². The number of alkyl halides is 3. The lowest BCUT2D eigenvalue weighted by atomic mass is 10.3. The Bertz CT molecular complexity index is 1020. The van der Waals surface area contributed by atoms with Crippen LogP contribution < -0.4 is 14.2 Å². The van der Waals surface area contributed by atoms with Crippen molar-refractivity contribution in [2.75, 3.05) is 33.4 Å². The Labute approximate surface area is 170 Å². The van der Waals surface area contributed by atoms with E-state index in [1.165, 1.54) is 38.2 Å². The van der Waals surface area contributed by atoms with E-state index in [-0.39, 0.29) is 5.75 Å². The van der Waals surface area contributed by atoms with Gasteiger partial charge in [-0.05, 0) is 38.1 Å². The molecule has 1 N–H and O–H groups in total. The van der Waals surface area contributed by atoms with Gasteiger partial charge in [0.05, 0.1) is 24.3 Å². The van der Waals surface area contributed by atoms with Crippen LogP contribution in [0.1, 0.15) is 12.8 Å². The zero-order valence-electron chi connectivity index (χ0n) is 16.3. The Balaban J connectivity index is 1.51. The molecule has 0 radical (unpaired) electrons. The summed E-state index contributed by atoms with van der Waals surface area (Å²) < 4.78 is 52.4. The fourth-order valence-corrected chi connectivity index (χ4v) is 3.43. The minimum absolute atomic E-state index is 0.321. The van der Waals surface area contributed by atoms with Crippen molar-refractivity contribution >= 4 is 11.0 Å². The summed E-state index contributed by atoms with van der Waals surface area (Å²) >= 11 is 0. The monoisotopic (exact) mass is 422 g/mol. The Morgan fingerprint density at radius 2 is 1.93 bits per heavy atom. The van der Waals surface area contributed by atoms with Crippen LogP contribution in [0.5, 0.6) is 17.2 Å². The van der Waals surface area contributed by atoms with Crippen molar-refractivity contribution in [3.05, 3.63) is 30.5 Å². The van der Waals surface area contributed by atoms with E-state index in [1.54, 1.807) is 12.3 Å². The molecule has 1 aliphatic rings. The largest absolute Gasteiger partial charge is 0.573 e. The highest BCUT2D eigenvalue weighted by molar-refractivity contribution is 5.81. The summed E-state index contributed by atoms with van der Waals surface area (Å²) in [4.78, 5) is 14.1. The van der Waals surface area contributed by atoms with Gasteiger partial charge in [-0.25, -0.2) is 9.97 Å². The second-order valence-corrected chi connectivity index (χ2v) is 6.93. The van der Waals surface area contributed by atoms with Crippen LogP contribution in [-0.2, 0) is 0 Å². The molecular weight excluding hydrogens is 401 g/mol. The maximum Gasteiger partial charge on any atom is 0.573 e. The highest BCUT2D eigenvalue weighted by Gasteiger charge is 2.31. The molecule has 1 fully saturated rings. The van der Waals surface area contributed by atoms with E-state index in [0.29, 0.717) is 40.7 Å². The quantitative estimate of drug-likeness (QED) is 0.621. The summed E-state index contributed by atoms with van der Waals surface area (Å²) in [5.74, 6) is 1.05. The van der Waals surface area contributed by atoms with Crippen LogP contribution in [0.2, 0.25) is 0 Å². The molecule has 30 heavy (non-hydrogen) atoms. The average Bonchev–Trinajstić information content (AvgIpc) is 3.36. The molecule has 0 saturated carbocycles. The fraction of sp³-hybridized carbons (Fsp3) is 0.400. The molecule has 4 rings (SSSR count). The molecule has 10 heteroatoms. The molecule has 1 aromatic carbocycles. The molecule has 0 spiro atoms. The summed E-state index contributed by atoms with van der Waals surface area (Å²) in [5, 5.41) is 0. The van der Waals surface area contributed by atoms with Gasteiger partial charge >= 0.3 is 6.36 Å². The second kappa shape index (κ2) is 8.39. The summed E-state index contributed by atoms with van der Waals surface area (Å²) in [5.41, 5.74) is 1.30. The molecule has 0 amide bonds. The Morgan fingerprint density at radius 3 is 2.67 bits per heavy atom. The molecule has 3 aromatic rings. The number of nitrogens with one attached hydrogen (secondary N) is 1. The van der Waals surface area contributed by atoms with E-state index < -0.39 is 6.36 Å². The average molecular weight is 422 g/mol. The van der Waals surface area contributed by atoms with Crippen LogP contribution in [0.3, 0.4) is 0 Å². The third-order valence-electron chi connectivity index (χ3n) is 4.83. The van der Waals surface area contributed by atoms with Crippen LogP contribution in [-0.4, -0.2) is 59.6 Å². The van der Waals surface area contributed by atoms with Crippen LogP contribution in [0.4, 0.5) is 13.2 Å². The summed E-state index contributed by atoms with van der Waals surface area (Å²) in [6.07, 6.45) is -0.730. The third-order valence-corrected chi connectivity index (χ3v) is 4.83. The van der Waals surface area contributed by atoms with Gasteiger partial charge in [0.2, 0.25) is 0 Å². The maximum atomic E-state index is 12.4. The zero-order valence-corrected chi connectivity index (χ0v) is 16.3. The van der Waals surface area contributed by atoms with E-state index in [9.17, 15) is 13.2 Å². The third kappa shape index (κ3) is 4.76. The molecule has 2 aromatic heterocycles. The number of likely N-dealkylation sites (tertiary alicyclic amines) is 1. The van der Waals surface area contributed by atoms with Gasteiger partial charge in [-0.15, -0.1) is 13.2 Å². The first kappa shape index (κ1) is 20.3. The number of pyridine rings is 1. The molecule has 7 nitrogen and oxygen atoms in total. The van der Waals surface area contributed by atoms with Crippen molar-refractivity contribution in [3.63, 3.8) is 0 Å². The number of H-pyrrole nitrogens is 1. The number of hydrogen-bond donors (Lipinski definition) is 1. The first-order chi connectivity index (χ1) is 14.4. The molecule has 0 bridgehead atoms. The van der Waals surface area contributed by atoms with Crippen molar-refractivity contribution in [2.45, 2.75) is 19.2 Å². The molecule has 0 unspecified atom stereocenters. The number of methoxy groups -OCH3 is 1. The fourth-order valence-electron chi connectivity index (χ4n) is 3.43. The molecule has 1 aliphatic heterocycles. The minimum Gasteiger partial charge on any atom is -0.494 e. The predicted octanol–water partition coefficient (Wildman–Crippen LogP) is 4.01. The molecule has 1 saturated heterocycles. The SMILES string of the molecule is COc1cc(OCCN2CCCC2)cnc1-c1nc2cc(OC(F)(F)F)ccc2[nH]1. The number of nitrogens with zero attached hydrogens (tertiary/aromatic N) is 3. The van der Waals surface area contributed by atoms with Gasteiger partial charge in [-0.2, -0.15) is 0 Å². The van der Waals surface area contributed by atoms with Crippen molar-refractivity contribution in [3.8, 4) is 28.8 Å². The smallest absolute Gasteiger partial charge is 0.494 e. The number of fused-ring (bicyclic) bond motifs is 1. The Kier molecular flexibility index (Phi) is 5.67. The van der Waals surface area contributed by atoms with Crippen molar-refractivity contribution in [1.29, 1.82) is 0 Å². The van der Waals surface area contributed by atoms with Gasteiger partial charge in [0.15, 0.2) is 11.6 Å². The maximum absolute atomic E-state index is 12.4. The second-order valence-electron chi connectivity index (χ2n) is 6.93. The molecule has 3 heterocycles. The van der Waals surface area contributed by atoms with Gasteiger partial charge in [0, 0.05) is 18.7 Å². The number of ether oxygens (including phenoxy) is 3. The van der Waals surface area contributed by atoms with Gasteiger partial charge < -0.3 is 19.2 Å². The van der Waals surface area contributed by atoms with Crippen molar-refractivity contribution in [2.24, 2.45) is 0 Å². The highest BCUT2D eigenvalue weighted by Crippen LogP contribution is 2.32. The van der Waals surface area contributed by atoms with Crippen LogP contribution >= 0.6 is 0 Å². The van der Waals surface area contributed by atoms with Gasteiger partial charge in [0.1, 0.15) is 23.8 Å². The lowest BCUT2D eigenvalue weighted by Crippen LogP contribution is -2.25.